The smallest absolute Gasteiger partial charge is 0.247 e. The number of benzene rings is 2. The van der Waals surface area contributed by atoms with Crippen LogP contribution in [0.4, 0.5) is 5.82 Å². The van der Waals surface area contributed by atoms with Crippen molar-refractivity contribution in [2.24, 2.45) is 0 Å². The average molecular weight is 471 g/mol. The van der Waals surface area contributed by atoms with Crippen molar-refractivity contribution in [3.8, 4) is 11.1 Å². The van der Waals surface area contributed by atoms with E-state index in [1.54, 1.807) is 21.8 Å². The number of halogens is 1. The van der Waals surface area contributed by atoms with Crippen LogP contribution in [0.15, 0.2) is 73.1 Å². The van der Waals surface area contributed by atoms with Gasteiger partial charge < -0.3 is 5.32 Å². The zero-order valence-electron chi connectivity index (χ0n) is 18.9. The highest BCUT2D eigenvalue weighted by Crippen LogP contribution is 2.29. The van der Waals surface area contributed by atoms with Gasteiger partial charge in [-0.3, -0.25) is 9.48 Å². The number of nitrogens with zero attached hydrogens (tertiary/aromatic N) is 5. The second kappa shape index (κ2) is 9.11. The van der Waals surface area contributed by atoms with Gasteiger partial charge in [-0.2, -0.15) is 10.2 Å². The fourth-order valence-electron chi connectivity index (χ4n) is 4.00. The van der Waals surface area contributed by atoms with E-state index in [1.807, 2.05) is 62.4 Å². The molecular formula is C26H23ClN6O. The Morgan fingerprint density at radius 1 is 1.00 bits per heavy atom. The standard InChI is InChI=1S/C26H23ClN6O/c1-17-8-10-19(11-9-17)14-32-15-22(27)25(31-32)29-23(34)16-33-26-24(18(2)30-33)21(12-13-28-26)20-6-4-3-5-7-20/h3-13,15H,14,16H2,1-2H3,(H,29,31,34). The van der Waals surface area contributed by atoms with Gasteiger partial charge >= 0.3 is 0 Å². The van der Waals surface area contributed by atoms with Gasteiger partial charge in [0.05, 0.1) is 12.2 Å². The highest BCUT2D eigenvalue weighted by Gasteiger charge is 2.17. The van der Waals surface area contributed by atoms with Crippen molar-refractivity contribution in [2.75, 3.05) is 5.32 Å². The number of amides is 1. The summed E-state index contributed by atoms with van der Waals surface area (Å²) >= 11 is 6.34. The zero-order valence-corrected chi connectivity index (χ0v) is 19.6. The molecule has 0 atom stereocenters. The Labute approximate surface area is 202 Å². The molecule has 3 heterocycles. The molecule has 0 aliphatic rings. The summed E-state index contributed by atoms with van der Waals surface area (Å²) in [7, 11) is 0. The molecule has 3 aromatic heterocycles. The number of rotatable bonds is 6. The monoisotopic (exact) mass is 470 g/mol. The molecule has 5 aromatic rings. The molecule has 0 saturated heterocycles. The molecule has 0 fully saturated rings. The van der Waals surface area contributed by atoms with Gasteiger partial charge in [0, 0.05) is 17.8 Å². The Hall–Kier alpha value is -3.97. The maximum atomic E-state index is 12.8. The molecule has 5 rings (SSSR count). The number of fused-ring (bicyclic) bond motifs is 1. The number of hydrogen-bond donors (Lipinski definition) is 1. The zero-order chi connectivity index (χ0) is 23.7. The minimum Gasteiger partial charge on any atom is -0.306 e. The molecule has 0 unspecified atom stereocenters. The number of nitrogens with one attached hydrogen (secondary N) is 1. The number of anilines is 1. The Kier molecular flexibility index (Phi) is 5.86. The summed E-state index contributed by atoms with van der Waals surface area (Å²) in [4.78, 5) is 17.3. The van der Waals surface area contributed by atoms with Gasteiger partial charge in [0.25, 0.3) is 0 Å². The van der Waals surface area contributed by atoms with Crippen molar-refractivity contribution < 1.29 is 4.79 Å². The maximum absolute atomic E-state index is 12.8. The van der Waals surface area contributed by atoms with Gasteiger partial charge in [-0.15, -0.1) is 0 Å². The van der Waals surface area contributed by atoms with E-state index < -0.39 is 0 Å². The first-order valence-electron chi connectivity index (χ1n) is 10.9. The van der Waals surface area contributed by atoms with Crippen molar-refractivity contribution in [3.05, 3.63) is 94.9 Å². The van der Waals surface area contributed by atoms with Gasteiger partial charge in [-0.25, -0.2) is 9.67 Å². The van der Waals surface area contributed by atoms with Crippen molar-refractivity contribution >= 4 is 34.4 Å². The molecule has 7 nitrogen and oxygen atoms in total. The average Bonchev–Trinajstić information content (AvgIpc) is 3.34. The fraction of sp³-hybridized carbons (Fsp3) is 0.154. The van der Waals surface area contributed by atoms with Gasteiger partial charge in [-0.1, -0.05) is 71.8 Å². The van der Waals surface area contributed by atoms with Crippen LogP contribution in [-0.4, -0.2) is 30.5 Å². The van der Waals surface area contributed by atoms with Crippen LogP contribution in [0.25, 0.3) is 22.2 Å². The molecule has 0 aliphatic carbocycles. The Bertz CT molecular complexity index is 1470. The minimum absolute atomic E-state index is 0.00324. The Morgan fingerprint density at radius 3 is 2.53 bits per heavy atom. The van der Waals surface area contributed by atoms with Gasteiger partial charge in [0.2, 0.25) is 5.91 Å². The number of aromatic nitrogens is 5. The second-order valence-corrected chi connectivity index (χ2v) is 8.63. The molecule has 0 saturated carbocycles. The Balaban J connectivity index is 1.35. The van der Waals surface area contributed by atoms with E-state index in [1.165, 1.54) is 5.56 Å². The highest BCUT2D eigenvalue weighted by molar-refractivity contribution is 6.33. The number of carbonyl (C=O) groups excluding carboxylic acids is 1. The van der Waals surface area contributed by atoms with E-state index in [0.717, 1.165) is 27.8 Å². The van der Waals surface area contributed by atoms with E-state index in [0.29, 0.717) is 23.0 Å². The van der Waals surface area contributed by atoms with Crippen LogP contribution in [0.3, 0.4) is 0 Å². The van der Waals surface area contributed by atoms with E-state index in [2.05, 4.69) is 32.6 Å². The van der Waals surface area contributed by atoms with Gasteiger partial charge in [0.1, 0.15) is 11.6 Å². The maximum Gasteiger partial charge on any atom is 0.247 e. The van der Waals surface area contributed by atoms with Crippen LogP contribution in [0.5, 0.6) is 0 Å². The number of carbonyl (C=O) groups is 1. The van der Waals surface area contributed by atoms with Crippen molar-refractivity contribution in [3.63, 3.8) is 0 Å². The first-order chi connectivity index (χ1) is 16.5. The summed E-state index contributed by atoms with van der Waals surface area (Å²) in [6, 6.07) is 20.2. The fourth-order valence-corrected chi connectivity index (χ4v) is 4.20. The molecule has 0 radical (unpaired) electrons. The lowest BCUT2D eigenvalue weighted by atomic mass is 10.0. The molecular weight excluding hydrogens is 448 g/mol. The lowest BCUT2D eigenvalue weighted by Crippen LogP contribution is -2.20. The van der Waals surface area contributed by atoms with Crippen LogP contribution < -0.4 is 5.32 Å². The topological polar surface area (TPSA) is 77.6 Å². The normalized spacial score (nSPS) is 11.1. The summed E-state index contributed by atoms with van der Waals surface area (Å²) in [6.45, 7) is 4.53. The predicted molar refractivity (Wildman–Crippen MR) is 134 cm³/mol. The highest BCUT2D eigenvalue weighted by atomic mass is 35.5. The third-order valence-corrected chi connectivity index (χ3v) is 5.90. The van der Waals surface area contributed by atoms with E-state index in [-0.39, 0.29) is 12.5 Å². The molecule has 0 aliphatic heterocycles. The summed E-state index contributed by atoms with van der Waals surface area (Å²) in [6.07, 6.45) is 3.45. The first kappa shape index (κ1) is 21.9. The van der Waals surface area contributed by atoms with Crippen molar-refractivity contribution in [1.82, 2.24) is 24.5 Å². The van der Waals surface area contributed by atoms with Crippen LogP contribution in [0, 0.1) is 13.8 Å². The van der Waals surface area contributed by atoms with E-state index >= 15 is 0 Å². The molecule has 0 spiro atoms. The molecule has 1 N–H and O–H groups in total. The number of pyridine rings is 1. The third kappa shape index (κ3) is 4.43. The SMILES string of the molecule is Cc1ccc(Cn2cc(Cl)c(NC(=O)Cn3nc(C)c4c(-c5ccccc5)ccnc43)n2)cc1. The summed E-state index contributed by atoms with van der Waals surface area (Å²) in [5.41, 5.74) is 5.88. The lowest BCUT2D eigenvalue weighted by molar-refractivity contribution is -0.116. The van der Waals surface area contributed by atoms with E-state index in [4.69, 9.17) is 11.6 Å². The molecule has 34 heavy (non-hydrogen) atoms. The summed E-state index contributed by atoms with van der Waals surface area (Å²) < 4.78 is 3.33. The van der Waals surface area contributed by atoms with Gasteiger partial charge in [-0.05, 0) is 36.6 Å². The summed E-state index contributed by atoms with van der Waals surface area (Å²) in [5, 5.41) is 13.1. The quantitative estimate of drug-likeness (QED) is 0.367. The molecule has 2 aromatic carbocycles. The number of aryl methyl sites for hydroxylation is 2. The van der Waals surface area contributed by atoms with E-state index in [9.17, 15) is 4.79 Å². The molecule has 1 amide bonds. The van der Waals surface area contributed by atoms with Crippen LogP contribution in [-0.2, 0) is 17.9 Å². The van der Waals surface area contributed by atoms with Crippen molar-refractivity contribution in [2.45, 2.75) is 26.9 Å². The van der Waals surface area contributed by atoms with Crippen molar-refractivity contribution in [1.29, 1.82) is 0 Å². The molecule has 170 valence electrons. The lowest BCUT2D eigenvalue weighted by Gasteiger charge is -2.06. The van der Waals surface area contributed by atoms with Crippen LogP contribution >= 0.6 is 11.6 Å². The minimum atomic E-state index is -0.279. The summed E-state index contributed by atoms with van der Waals surface area (Å²) in [5.74, 6) is 0.0451. The molecule has 0 bridgehead atoms. The largest absolute Gasteiger partial charge is 0.306 e. The second-order valence-electron chi connectivity index (χ2n) is 8.22. The first-order valence-corrected chi connectivity index (χ1v) is 11.3. The van der Waals surface area contributed by atoms with Crippen LogP contribution in [0.1, 0.15) is 16.8 Å². The molecule has 8 heteroatoms. The van der Waals surface area contributed by atoms with Gasteiger partial charge in [0.15, 0.2) is 11.5 Å². The van der Waals surface area contributed by atoms with Crippen LogP contribution in [0.2, 0.25) is 5.02 Å². The third-order valence-electron chi connectivity index (χ3n) is 5.63. The Morgan fingerprint density at radius 2 is 1.76 bits per heavy atom. The number of hydrogen-bond acceptors (Lipinski definition) is 4. The predicted octanol–water partition coefficient (Wildman–Crippen LogP) is 5.25.